The number of benzene rings is 3. The van der Waals surface area contributed by atoms with Gasteiger partial charge in [-0.2, -0.15) is 0 Å². The van der Waals surface area contributed by atoms with E-state index in [-0.39, 0.29) is 0 Å². The van der Waals surface area contributed by atoms with Crippen molar-refractivity contribution < 1.29 is 0 Å². The molecule has 0 aliphatic heterocycles. The fourth-order valence-corrected chi connectivity index (χ4v) is 2.45. The molecule has 0 bridgehead atoms. The van der Waals surface area contributed by atoms with Crippen molar-refractivity contribution in [3.05, 3.63) is 78.4 Å². The van der Waals surface area contributed by atoms with Crippen LogP contribution >= 0.6 is 0 Å². The van der Waals surface area contributed by atoms with E-state index in [4.69, 9.17) is 5.73 Å². The lowest BCUT2D eigenvalue weighted by Gasteiger charge is -2.18. The van der Waals surface area contributed by atoms with Gasteiger partial charge in [-0.25, -0.2) is 4.99 Å². The number of fused-ring (bicyclic) bond motifs is 1. The summed E-state index contributed by atoms with van der Waals surface area (Å²) in [6, 6.07) is 24.5. The maximum absolute atomic E-state index is 6.16. The minimum Gasteiger partial charge on any atom is -0.369 e. The van der Waals surface area contributed by atoms with Gasteiger partial charge in [0, 0.05) is 19.0 Å². The molecule has 2 N–H and O–H groups in total. The van der Waals surface area contributed by atoms with Crippen LogP contribution in [0.4, 0.5) is 5.69 Å². The summed E-state index contributed by atoms with van der Waals surface area (Å²) in [4.78, 5) is 6.56. The molecule has 3 rings (SSSR count). The van der Waals surface area contributed by atoms with Gasteiger partial charge in [0.15, 0.2) is 5.96 Å². The first kappa shape index (κ1) is 14.1. The van der Waals surface area contributed by atoms with Gasteiger partial charge in [0.1, 0.15) is 0 Å². The van der Waals surface area contributed by atoms with Crippen LogP contribution in [0.25, 0.3) is 10.8 Å². The number of rotatable bonds is 3. The monoisotopic (exact) mass is 289 g/mol. The highest BCUT2D eigenvalue weighted by molar-refractivity contribution is 5.95. The zero-order valence-electron chi connectivity index (χ0n) is 12.6. The molecule has 22 heavy (non-hydrogen) atoms. The van der Waals surface area contributed by atoms with Crippen molar-refractivity contribution in [3.63, 3.8) is 0 Å². The largest absolute Gasteiger partial charge is 0.369 e. The van der Waals surface area contributed by atoms with Crippen molar-refractivity contribution in [1.82, 2.24) is 4.90 Å². The van der Waals surface area contributed by atoms with E-state index in [1.54, 1.807) is 0 Å². The highest BCUT2D eigenvalue weighted by Gasteiger charge is 2.05. The van der Waals surface area contributed by atoms with Crippen molar-refractivity contribution in [3.8, 4) is 0 Å². The van der Waals surface area contributed by atoms with Crippen LogP contribution < -0.4 is 5.73 Å². The van der Waals surface area contributed by atoms with Crippen molar-refractivity contribution in [2.45, 2.75) is 6.54 Å². The van der Waals surface area contributed by atoms with E-state index in [2.05, 4.69) is 35.3 Å². The van der Waals surface area contributed by atoms with Gasteiger partial charge >= 0.3 is 0 Å². The van der Waals surface area contributed by atoms with Crippen LogP contribution in [0, 0.1) is 0 Å². The van der Waals surface area contributed by atoms with E-state index in [9.17, 15) is 0 Å². The Morgan fingerprint density at radius 1 is 0.909 bits per heavy atom. The third kappa shape index (κ3) is 3.09. The molecule has 3 heteroatoms. The molecule has 0 fully saturated rings. The van der Waals surface area contributed by atoms with E-state index < -0.39 is 0 Å². The van der Waals surface area contributed by atoms with E-state index >= 15 is 0 Å². The van der Waals surface area contributed by atoms with Crippen LogP contribution in [-0.4, -0.2) is 17.9 Å². The average molecular weight is 289 g/mol. The molecule has 0 aliphatic carbocycles. The Labute approximate surface area is 130 Å². The predicted molar refractivity (Wildman–Crippen MR) is 93.1 cm³/mol. The number of hydrogen-bond donors (Lipinski definition) is 1. The fourth-order valence-electron chi connectivity index (χ4n) is 2.45. The van der Waals surface area contributed by atoms with Crippen molar-refractivity contribution in [1.29, 1.82) is 0 Å². The number of hydrogen-bond acceptors (Lipinski definition) is 1. The Balaban J connectivity index is 1.86. The molecular formula is C19H19N3. The van der Waals surface area contributed by atoms with Crippen LogP contribution in [-0.2, 0) is 6.54 Å². The standard InChI is InChI=1S/C19H19N3/c1-22(14-15-8-3-2-4-9-15)19(20)21-18-13-7-11-16-10-5-6-12-17(16)18/h2-13H,14H2,1H3,(H2,20,21). The third-order valence-corrected chi connectivity index (χ3v) is 3.66. The van der Waals surface area contributed by atoms with Crippen molar-refractivity contribution in [2.24, 2.45) is 10.7 Å². The van der Waals surface area contributed by atoms with Gasteiger partial charge in [-0.3, -0.25) is 0 Å². The van der Waals surface area contributed by atoms with Gasteiger partial charge in [0.05, 0.1) is 5.69 Å². The van der Waals surface area contributed by atoms with Crippen LogP contribution in [0.2, 0.25) is 0 Å². The Hall–Kier alpha value is -2.81. The second-order valence-corrected chi connectivity index (χ2v) is 5.31. The molecule has 0 aliphatic rings. The summed E-state index contributed by atoms with van der Waals surface area (Å²) in [6.07, 6.45) is 0. The first-order chi connectivity index (χ1) is 10.7. The van der Waals surface area contributed by atoms with Gasteiger partial charge in [-0.15, -0.1) is 0 Å². The van der Waals surface area contributed by atoms with Crippen LogP contribution in [0.1, 0.15) is 5.56 Å². The lowest BCUT2D eigenvalue weighted by molar-refractivity contribution is 0.495. The molecule has 0 aromatic heterocycles. The molecule has 3 nitrogen and oxygen atoms in total. The second kappa shape index (κ2) is 6.31. The van der Waals surface area contributed by atoms with E-state index in [1.165, 1.54) is 10.9 Å². The topological polar surface area (TPSA) is 41.6 Å². The summed E-state index contributed by atoms with van der Waals surface area (Å²) >= 11 is 0. The first-order valence-electron chi connectivity index (χ1n) is 7.31. The van der Waals surface area contributed by atoms with Crippen LogP contribution in [0.15, 0.2) is 77.8 Å². The number of nitrogens with two attached hydrogens (primary N) is 1. The van der Waals surface area contributed by atoms with Gasteiger partial charge in [-0.1, -0.05) is 66.7 Å². The second-order valence-electron chi connectivity index (χ2n) is 5.31. The molecule has 3 aromatic carbocycles. The number of aliphatic imine (C=N–C) groups is 1. The minimum atomic E-state index is 0.514. The normalized spacial score (nSPS) is 11.6. The Morgan fingerprint density at radius 2 is 1.59 bits per heavy atom. The molecule has 0 saturated heterocycles. The SMILES string of the molecule is CN(Cc1ccccc1)C(N)=Nc1cccc2ccccc12. The van der Waals surface area contributed by atoms with Crippen molar-refractivity contribution in [2.75, 3.05) is 7.05 Å². The number of nitrogens with zero attached hydrogens (tertiary/aromatic N) is 2. The minimum absolute atomic E-state index is 0.514. The van der Waals surface area contributed by atoms with Crippen LogP contribution in [0.3, 0.4) is 0 Å². The molecule has 0 atom stereocenters. The highest BCUT2D eigenvalue weighted by atomic mass is 15.2. The van der Waals surface area contributed by atoms with Gasteiger partial charge < -0.3 is 10.6 Å². The smallest absolute Gasteiger partial charge is 0.196 e. The van der Waals surface area contributed by atoms with Crippen LogP contribution in [0.5, 0.6) is 0 Å². The fraction of sp³-hybridized carbons (Fsp3) is 0.105. The molecule has 0 amide bonds. The maximum Gasteiger partial charge on any atom is 0.196 e. The lowest BCUT2D eigenvalue weighted by atomic mass is 10.1. The molecule has 0 heterocycles. The summed E-state index contributed by atoms with van der Waals surface area (Å²) in [5.74, 6) is 0.514. The predicted octanol–water partition coefficient (Wildman–Crippen LogP) is 3.92. The summed E-state index contributed by atoms with van der Waals surface area (Å²) in [6.45, 7) is 0.737. The highest BCUT2D eigenvalue weighted by Crippen LogP contribution is 2.25. The summed E-state index contributed by atoms with van der Waals surface area (Å²) in [5, 5.41) is 2.28. The molecule has 0 unspecified atom stereocenters. The molecule has 110 valence electrons. The average Bonchev–Trinajstić information content (AvgIpc) is 2.56. The molecule has 0 saturated carbocycles. The quantitative estimate of drug-likeness (QED) is 0.586. The molecule has 3 aromatic rings. The van der Waals surface area contributed by atoms with Crippen molar-refractivity contribution >= 4 is 22.4 Å². The first-order valence-corrected chi connectivity index (χ1v) is 7.31. The maximum atomic E-state index is 6.16. The Kier molecular flexibility index (Phi) is 4.05. The molecule has 0 spiro atoms. The van der Waals surface area contributed by atoms with Gasteiger partial charge in [0.25, 0.3) is 0 Å². The molecular weight excluding hydrogens is 270 g/mol. The van der Waals surface area contributed by atoms with Gasteiger partial charge in [0.2, 0.25) is 0 Å². The number of guanidine groups is 1. The van der Waals surface area contributed by atoms with E-state index in [0.29, 0.717) is 5.96 Å². The summed E-state index contributed by atoms with van der Waals surface area (Å²) in [5.41, 5.74) is 8.27. The third-order valence-electron chi connectivity index (χ3n) is 3.66. The zero-order valence-corrected chi connectivity index (χ0v) is 12.6. The summed E-state index contributed by atoms with van der Waals surface area (Å²) < 4.78 is 0. The molecule has 0 radical (unpaired) electrons. The summed E-state index contributed by atoms with van der Waals surface area (Å²) in [7, 11) is 1.96. The Morgan fingerprint density at radius 3 is 2.41 bits per heavy atom. The van der Waals surface area contributed by atoms with E-state index in [1.807, 2.05) is 54.4 Å². The van der Waals surface area contributed by atoms with E-state index in [0.717, 1.165) is 17.6 Å². The Bertz CT molecular complexity index is 789. The zero-order chi connectivity index (χ0) is 15.4. The van der Waals surface area contributed by atoms with Gasteiger partial charge in [-0.05, 0) is 17.0 Å². The lowest BCUT2D eigenvalue weighted by Crippen LogP contribution is -2.33.